The van der Waals surface area contributed by atoms with Gasteiger partial charge in [0.05, 0.1) is 0 Å². The average molecular weight is 168 g/mol. The monoisotopic (exact) mass is 168 g/mol. The summed E-state index contributed by atoms with van der Waals surface area (Å²) in [6, 6.07) is 0. The van der Waals surface area contributed by atoms with Crippen LogP contribution in [0.25, 0.3) is 0 Å². The molecule has 0 amide bonds. The summed E-state index contributed by atoms with van der Waals surface area (Å²) in [6.07, 6.45) is 1.70. The summed E-state index contributed by atoms with van der Waals surface area (Å²) in [4.78, 5) is 3.93. The Morgan fingerprint density at radius 3 is 2.75 bits per heavy atom. The molecule has 0 radical (unpaired) electrons. The Morgan fingerprint density at radius 2 is 2.33 bits per heavy atom. The topological polar surface area (TPSA) is 107 Å². The van der Waals surface area contributed by atoms with Crippen LogP contribution in [0.15, 0.2) is 0 Å². The minimum atomic E-state index is -0.206. The summed E-state index contributed by atoms with van der Waals surface area (Å²) < 4.78 is 1.12. The van der Waals surface area contributed by atoms with E-state index < -0.39 is 0 Å². The number of aryl methyl sites for hydroxylation is 1. The second-order valence-corrected chi connectivity index (χ2v) is 2.43. The van der Waals surface area contributed by atoms with Crippen molar-refractivity contribution in [1.29, 1.82) is 5.41 Å². The van der Waals surface area contributed by atoms with Gasteiger partial charge in [-0.3, -0.25) is 5.41 Å². The van der Waals surface area contributed by atoms with Gasteiger partial charge in [-0.2, -0.15) is 9.67 Å². The Hall–Kier alpha value is -1.59. The van der Waals surface area contributed by atoms with Crippen LogP contribution in [0.1, 0.15) is 19.2 Å². The highest BCUT2D eigenvalue weighted by molar-refractivity contribution is 5.78. The van der Waals surface area contributed by atoms with Gasteiger partial charge in [0.15, 0.2) is 5.82 Å². The molecule has 1 rings (SSSR count). The normalized spacial score (nSPS) is 10.1. The van der Waals surface area contributed by atoms with E-state index in [9.17, 15) is 0 Å². The van der Waals surface area contributed by atoms with Crippen molar-refractivity contribution in [3.8, 4) is 0 Å². The second kappa shape index (κ2) is 3.21. The minimum Gasteiger partial charge on any atom is -0.368 e. The van der Waals surface area contributed by atoms with Crippen LogP contribution in [0.3, 0.4) is 0 Å². The van der Waals surface area contributed by atoms with Crippen molar-refractivity contribution in [3.63, 3.8) is 0 Å². The molecule has 0 bridgehead atoms. The maximum absolute atomic E-state index is 7.08. The van der Waals surface area contributed by atoms with Gasteiger partial charge in [0.1, 0.15) is 0 Å². The van der Waals surface area contributed by atoms with Gasteiger partial charge >= 0.3 is 0 Å². The minimum absolute atomic E-state index is 0.172. The maximum Gasteiger partial charge on any atom is 0.226 e. The number of hydrogen-bond donors (Lipinski definition) is 3. The molecule has 1 heterocycles. The van der Waals surface area contributed by atoms with Crippen molar-refractivity contribution >= 4 is 11.9 Å². The van der Waals surface area contributed by atoms with Crippen LogP contribution in [0.5, 0.6) is 0 Å². The summed E-state index contributed by atoms with van der Waals surface area (Å²) in [5.41, 5.74) is 10.6. The molecular formula is C6H12N6. The van der Waals surface area contributed by atoms with Crippen molar-refractivity contribution in [3.05, 3.63) is 5.82 Å². The van der Waals surface area contributed by atoms with Crippen LogP contribution in [0.2, 0.25) is 0 Å². The quantitative estimate of drug-likeness (QED) is 0.411. The van der Waals surface area contributed by atoms with Gasteiger partial charge in [0.2, 0.25) is 11.9 Å². The molecule has 0 saturated carbocycles. The SMILES string of the molecule is CCCc1nc(N)n(C(=N)N)n1. The van der Waals surface area contributed by atoms with Crippen molar-refractivity contribution in [1.82, 2.24) is 14.8 Å². The average Bonchev–Trinajstić information content (AvgIpc) is 2.32. The fourth-order valence-electron chi connectivity index (χ4n) is 0.875. The van der Waals surface area contributed by atoms with Crippen molar-refractivity contribution in [2.45, 2.75) is 19.8 Å². The molecule has 0 aliphatic rings. The zero-order valence-electron chi connectivity index (χ0n) is 6.91. The van der Waals surface area contributed by atoms with E-state index in [-0.39, 0.29) is 11.9 Å². The molecule has 12 heavy (non-hydrogen) atoms. The van der Waals surface area contributed by atoms with Crippen LogP contribution < -0.4 is 11.5 Å². The molecule has 0 saturated heterocycles. The lowest BCUT2D eigenvalue weighted by Crippen LogP contribution is -2.23. The van der Waals surface area contributed by atoms with Crippen LogP contribution >= 0.6 is 0 Å². The third kappa shape index (κ3) is 1.52. The third-order valence-electron chi connectivity index (χ3n) is 1.38. The Labute approximate surface area is 70.1 Å². The lowest BCUT2D eigenvalue weighted by atomic mass is 10.3. The molecule has 66 valence electrons. The van der Waals surface area contributed by atoms with Gasteiger partial charge in [-0.15, -0.1) is 5.10 Å². The van der Waals surface area contributed by atoms with E-state index in [0.29, 0.717) is 5.82 Å². The largest absolute Gasteiger partial charge is 0.368 e. The molecule has 0 aliphatic heterocycles. The Kier molecular flexibility index (Phi) is 2.27. The first-order chi connectivity index (χ1) is 5.65. The molecule has 0 aliphatic carbocycles. The highest BCUT2D eigenvalue weighted by atomic mass is 15.4. The van der Waals surface area contributed by atoms with Crippen LogP contribution in [-0.4, -0.2) is 20.7 Å². The van der Waals surface area contributed by atoms with Gasteiger partial charge in [-0.05, 0) is 6.42 Å². The summed E-state index contributed by atoms with van der Waals surface area (Å²) in [5, 5.41) is 11.0. The lowest BCUT2D eigenvalue weighted by molar-refractivity contribution is 0.812. The zero-order valence-corrected chi connectivity index (χ0v) is 6.91. The summed E-state index contributed by atoms with van der Waals surface area (Å²) in [7, 11) is 0. The number of anilines is 1. The molecule has 0 atom stereocenters. The molecule has 1 aromatic heterocycles. The van der Waals surface area contributed by atoms with Gasteiger partial charge in [-0.25, -0.2) is 0 Å². The fraction of sp³-hybridized carbons (Fsp3) is 0.500. The van der Waals surface area contributed by atoms with Gasteiger partial charge in [0.25, 0.3) is 0 Å². The Bertz CT molecular complexity index is 288. The van der Waals surface area contributed by atoms with E-state index >= 15 is 0 Å². The highest BCUT2D eigenvalue weighted by Crippen LogP contribution is 2.00. The highest BCUT2D eigenvalue weighted by Gasteiger charge is 2.06. The van der Waals surface area contributed by atoms with E-state index in [1.807, 2.05) is 6.92 Å². The zero-order chi connectivity index (χ0) is 9.14. The molecular weight excluding hydrogens is 156 g/mol. The lowest BCUT2D eigenvalue weighted by Gasteiger charge is -1.95. The molecule has 6 nitrogen and oxygen atoms in total. The molecule has 0 fully saturated rings. The molecule has 0 unspecified atom stereocenters. The Balaban J connectivity index is 2.92. The summed E-state index contributed by atoms with van der Waals surface area (Å²) in [6.45, 7) is 2.02. The fourth-order valence-corrected chi connectivity index (χ4v) is 0.875. The van der Waals surface area contributed by atoms with E-state index in [2.05, 4.69) is 10.1 Å². The summed E-state index contributed by atoms with van der Waals surface area (Å²) in [5.74, 6) is 0.596. The third-order valence-corrected chi connectivity index (χ3v) is 1.38. The molecule has 1 aromatic rings. The first-order valence-electron chi connectivity index (χ1n) is 3.71. The van der Waals surface area contributed by atoms with Crippen LogP contribution in [0.4, 0.5) is 5.95 Å². The van der Waals surface area contributed by atoms with Crippen molar-refractivity contribution < 1.29 is 0 Å². The number of nitrogens with one attached hydrogen (secondary N) is 1. The van der Waals surface area contributed by atoms with Gasteiger partial charge < -0.3 is 11.5 Å². The van der Waals surface area contributed by atoms with E-state index in [1.165, 1.54) is 0 Å². The number of nitrogen functional groups attached to an aromatic ring is 2. The maximum atomic E-state index is 7.08. The number of aromatic nitrogens is 3. The number of hydrogen-bond acceptors (Lipinski definition) is 4. The molecule has 0 spiro atoms. The molecule has 5 N–H and O–H groups in total. The van der Waals surface area contributed by atoms with Gasteiger partial charge in [0, 0.05) is 6.42 Å². The van der Waals surface area contributed by atoms with Crippen molar-refractivity contribution in [2.75, 3.05) is 5.73 Å². The molecule has 0 aromatic carbocycles. The first-order valence-corrected chi connectivity index (χ1v) is 3.71. The number of rotatable bonds is 2. The van der Waals surface area contributed by atoms with E-state index in [0.717, 1.165) is 17.5 Å². The van der Waals surface area contributed by atoms with E-state index in [1.54, 1.807) is 0 Å². The number of nitrogens with two attached hydrogens (primary N) is 2. The summed E-state index contributed by atoms with van der Waals surface area (Å²) >= 11 is 0. The predicted octanol–water partition coefficient (Wildman–Crippen LogP) is -0.446. The standard InChI is InChI=1S/C6H12N6/c1-2-3-4-10-6(9)12(11-4)5(7)8/h2-3H2,1H3,(H3,7,8)(H2,9,10,11). The van der Waals surface area contributed by atoms with E-state index in [4.69, 9.17) is 16.9 Å². The van der Waals surface area contributed by atoms with Crippen molar-refractivity contribution in [2.24, 2.45) is 5.73 Å². The van der Waals surface area contributed by atoms with Crippen LogP contribution in [0, 0.1) is 5.41 Å². The van der Waals surface area contributed by atoms with Crippen LogP contribution in [-0.2, 0) is 6.42 Å². The van der Waals surface area contributed by atoms with Gasteiger partial charge in [-0.1, -0.05) is 6.92 Å². The first kappa shape index (κ1) is 8.51. The molecule has 6 heteroatoms. The second-order valence-electron chi connectivity index (χ2n) is 2.43. The number of nitrogens with zero attached hydrogens (tertiary/aromatic N) is 3. The smallest absolute Gasteiger partial charge is 0.226 e. The predicted molar refractivity (Wildman–Crippen MR) is 45.7 cm³/mol. The Morgan fingerprint density at radius 1 is 1.67 bits per heavy atom.